The lowest BCUT2D eigenvalue weighted by Crippen LogP contribution is -2.03. The number of rotatable bonds is 6. The average molecular weight is 268 g/mol. The molecule has 18 heavy (non-hydrogen) atoms. The SMILES string of the molecule is CCOCCCS(=O)c1nc2cc(N)ccc2o1. The minimum absolute atomic E-state index is 0.257. The number of benzene rings is 1. The zero-order valence-corrected chi connectivity index (χ0v) is 11.0. The number of fused-ring (bicyclic) bond motifs is 1. The van der Waals surface area contributed by atoms with Gasteiger partial charge in [-0.15, -0.1) is 0 Å². The van der Waals surface area contributed by atoms with E-state index in [0.29, 0.717) is 35.8 Å². The lowest BCUT2D eigenvalue weighted by molar-refractivity contribution is 0.149. The lowest BCUT2D eigenvalue weighted by atomic mass is 10.3. The Morgan fingerprint density at radius 1 is 1.50 bits per heavy atom. The Labute approximate surface area is 108 Å². The fourth-order valence-corrected chi connectivity index (χ4v) is 2.48. The molecule has 5 nitrogen and oxygen atoms in total. The van der Waals surface area contributed by atoms with Crippen molar-refractivity contribution in [1.82, 2.24) is 4.98 Å². The molecule has 1 atom stereocenters. The summed E-state index contributed by atoms with van der Waals surface area (Å²) in [4.78, 5) is 4.18. The molecule has 98 valence electrons. The Bertz CT molecular complexity index is 553. The van der Waals surface area contributed by atoms with Crippen molar-refractivity contribution in [3.63, 3.8) is 0 Å². The molecule has 2 aromatic rings. The van der Waals surface area contributed by atoms with Crippen LogP contribution in [0.3, 0.4) is 0 Å². The third-order valence-corrected chi connectivity index (χ3v) is 3.63. The second-order valence-electron chi connectivity index (χ2n) is 3.81. The van der Waals surface area contributed by atoms with Crippen LogP contribution in [0.1, 0.15) is 13.3 Å². The van der Waals surface area contributed by atoms with Crippen LogP contribution in [0.5, 0.6) is 0 Å². The van der Waals surface area contributed by atoms with Crippen LogP contribution in [0.2, 0.25) is 0 Å². The highest BCUT2D eigenvalue weighted by atomic mass is 32.2. The molecular formula is C12H16N2O3S. The number of nitrogen functional groups attached to an aromatic ring is 1. The minimum Gasteiger partial charge on any atom is -0.430 e. The number of hydrogen-bond donors (Lipinski definition) is 1. The smallest absolute Gasteiger partial charge is 0.287 e. The van der Waals surface area contributed by atoms with Gasteiger partial charge in [0.1, 0.15) is 16.3 Å². The highest BCUT2D eigenvalue weighted by molar-refractivity contribution is 7.84. The third-order valence-electron chi connectivity index (χ3n) is 2.41. The van der Waals surface area contributed by atoms with Crippen LogP contribution < -0.4 is 5.73 Å². The van der Waals surface area contributed by atoms with Crippen molar-refractivity contribution in [2.75, 3.05) is 24.7 Å². The van der Waals surface area contributed by atoms with E-state index < -0.39 is 10.8 Å². The Balaban J connectivity index is 2.04. The molecule has 0 spiro atoms. The van der Waals surface area contributed by atoms with E-state index >= 15 is 0 Å². The standard InChI is InChI=1S/C12H16N2O3S/c1-2-16-6-3-7-18(15)12-14-10-8-9(13)4-5-11(10)17-12/h4-5,8H,2-3,6-7,13H2,1H3. The van der Waals surface area contributed by atoms with E-state index in [0.717, 1.165) is 6.42 Å². The molecule has 1 aromatic carbocycles. The van der Waals surface area contributed by atoms with Crippen LogP contribution in [0, 0.1) is 0 Å². The number of nitrogens with zero attached hydrogens (tertiary/aromatic N) is 1. The van der Waals surface area contributed by atoms with Gasteiger partial charge in [-0.05, 0) is 31.5 Å². The first-order chi connectivity index (χ1) is 8.70. The fraction of sp³-hybridized carbons (Fsp3) is 0.417. The van der Waals surface area contributed by atoms with Gasteiger partial charge in [0, 0.05) is 24.7 Å². The number of anilines is 1. The van der Waals surface area contributed by atoms with E-state index in [-0.39, 0.29) is 5.22 Å². The molecule has 0 fully saturated rings. The second kappa shape index (κ2) is 5.97. The van der Waals surface area contributed by atoms with Crippen molar-refractivity contribution in [3.05, 3.63) is 18.2 Å². The quantitative estimate of drug-likeness (QED) is 0.640. The maximum Gasteiger partial charge on any atom is 0.287 e. The Kier molecular flexibility index (Phi) is 4.33. The third kappa shape index (κ3) is 3.08. The van der Waals surface area contributed by atoms with Crippen molar-refractivity contribution in [1.29, 1.82) is 0 Å². The predicted molar refractivity (Wildman–Crippen MR) is 70.8 cm³/mol. The van der Waals surface area contributed by atoms with Gasteiger partial charge in [0.05, 0.1) is 0 Å². The first kappa shape index (κ1) is 13.0. The summed E-state index contributed by atoms with van der Waals surface area (Å²) in [6.07, 6.45) is 0.724. The van der Waals surface area contributed by atoms with Gasteiger partial charge < -0.3 is 14.9 Å². The molecular weight excluding hydrogens is 252 g/mol. The Hall–Kier alpha value is -1.40. The maximum atomic E-state index is 11.9. The fourth-order valence-electron chi connectivity index (χ4n) is 1.54. The Morgan fingerprint density at radius 2 is 2.33 bits per heavy atom. The summed E-state index contributed by atoms with van der Waals surface area (Å²) in [6.45, 7) is 3.21. The molecule has 2 N–H and O–H groups in total. The maximum absolute atomic E-state index is 11.9. The van der Waals surface area contributed by atoms with Crippen LogP contribution in [-0.2, 0) is 15.5 Å². The van der Waals surface area contributed by atoms with Crippen molar-refractivity contribution in [2.45, 2.75) is 18.6 Å². The van der Waals surface area contributed by atoms with Gasteiger partial charge in [0.25, 0.3) is 5.22 Å². The molecule has 0 bridgehead atoms. The van der Waals surface area contributed by atoms with Crippen LogP contribution >= 0.6 is 0 Å². The monoisotopic (exact) mass is 268 g/mol. The molecule has 2 rings (SSSR count). The largest absolute Gasteiger partial charge is 0.430 e. The molecule has 1 heterocycles. The van der Waals surface area contributed by atoms with Gasteiger partial charge in [0.15, 0.2) is 5.58 Å². The van der Waals surface area contributed by atoms with Crippen LogP contribution in [-0.4, -0.2) is 28.2 Å². The van der Waals surface area contributed by atoms with Gasteiger partial charge in [0.2, 0.25) is 0 Å². The highest BCUT2D eigenvalue weighted by Gasteiger charge is 2.12. The van der Waals surface area contributed by atoms with Crippen molar-refractivity contribution < 1.29 is 13.4 Å². The van der Waals surface area contributed by atoms with E-state index in [9.17, 15) is 4.21 Å². The Morgan fingerprint density at radius 3 is 3.11 bits per heavy atom. The van der Waals surface area contributed by atoms with Gasteiger partial charge in [-0.2, -0.15) is 0 Å². The number of hydrogen-bond acceptors (Lipinski definition) is 5. The molecule has 0 aliphatic carbocycles. The van der Waals surface area contributed by atoms with E-state index in [2.05, 4.69) is 4.98 Å². The van der Waals surface area contributed by atoms with Gasteiger partial charge in [-0.3, -0.25) is 0 Å². The zero-order valence-electron chi connectivity index (χ0n) is 10.2. The zero-order chi connectivity index (χ0) is 13.0. The van der Waals surface area contributed by atoms with Crippen molar-refractivity contribution >= 4 is 27.6 Å². The molecule has 6 heteroatoms. The molecule has 0 aliphatic heterocycles. The molecule has 0 aliphatic rings. The number of ether oxygens (including phenoxy) is 1. The molecule has 1 unspecified atom stereocenters. The molecule has 0 radical (unpaired) electrons. The summed E-state index contributed by atoms with van der Waals surface area (Å²) < 4.78 is 22.6. The minimum atomic E-state index is -1.22. The summed E-state index contributed by atoms with van der Waals surface area (Å²) >= 11 is 0. The van der Waals surface area contributed by atoms with E-state index in [4.69, 9.17) is 14.9 Å². The van der Waals surface area contributed by atoms with Gasteiger partial charge in [-0.25, -0.2) is 9.19 Å². The normalized spacial score (nSPS) is 12.9. The number of aromatic nitrogens is 1. The van der Waals surface area contributed by atoms with Gasteiger partial charge in [-0.1, -0.05) is 0 Å². The lowest BCUT2D eigenvalue weighted by Gasteiger charge is -1.98. The van der Waals surface area contributed by atoms with E-state index in [1.54, 1.807) is 18.2 Å². The number of oxazole rings is 1. The summed E-state index contributed by atoms with van der Waals surface area (Å²) in [5, 5.41) is 0.257. The van der Waals surface area contributed by atoms with Crippen molar-refractivity contribution in [2.24, 2.45) is 0 Å². The molecule has 0 saturated heterocycles. The topological polar surface area (TPSA) is 78.3 Å². The second-order valence-corrected chi connectivity index (χ2v) is 5.26. The summed E-state index contributed by atoms with van der Waals surface area (Å²) in [6, 6.07) is 5.17. The summed E-state index contributed by atoms with van der Waals surface area (Å²) in [5.74, 6) is 0.488. The number of nitrogens with two attached hydrogens (primary N) is 1. The highest BCUT2D eigenvalue weighted by Crippen LogP contribution is 2.20. The van der Waals surface area contributed by atoms with E-state index in [1.165, 1.54) is 0 Å². The average Bonchev–Trinajstić information content (AvgIpc) is 2.77. The molecule has 1 aromatic heterocycles. The van der Waals surface area contributed by atoms with E-state index in [1.807, 2.05) is 6.92 Å². The first-order valence-electron chi connectivity index (χ1n) is 5.83. The summed E-state index contributed by atoms with van der Waals surface area (Å²) in [5.41, 5.74) is 7.51. The van der Waals surface area contributed by atoms with Crippen LogP contribution in [0.25, 0.3) is 11.1 Å². The van der Waals surface area contributed by atoms with Crippen LogP contribution in [0.4, 0.5) is 5.69 Å². The summed E-state index contributed by atoms with van der Waals surface area (Å²) in [7, 11) is -1.22. The van der Waals surface area contributed by atoms with Gasteiger partial charge >= 0.3 is 0 Å². The molecule has 0 amide bonds. The predicted octanol–water partition coefficient (Wildman–Crippen LogP) is 1.94. The first-order valence-corrected chi connectivity index (χ1v) is 7.15. The van der Waals surface area contributed by atoms with Crippen LogP contribution in [0.15, 0.2) is 27.8 Å². The van der Waals surface area contributed by atoms with Crippen molar-refractivity contribution in [3.8, 4) is 0 Å². The molecule has 0 saturated carbocycles.